The Bertz CT molecular complexity index is 341. The number of hydrogen-bond acceptors (Lipinski definition) is 3. The van der Waals surface area contributed by atoms with Crippen LogP contribution in [0.4, 0.5) is 0 Å². The third-order valence-electron chi connectivity index (χ3n) is 3.54. The van der Waals surface area contributed by atoms with E-state index in [1.807, 2.05) is 0 Å². The molecule has 3 heteroatoms. The van der Waals surface area contributed by atoms with E-state index in [0.717, 1.165) is 32.8 Å². The summed E-state index contributed by atoms with van der Waals surface area (Å²) in [5, 5.41) is 3.41. The maximum absolute atomic E-state index is 5.77. The predicted molar refractivity (Wildman–Crippen MR) is 63.2 cm³/mol. The molecule has 0 radical (unpaired) electrons. The normalized spacial score (nSPS) is 30.2. The van der Waals surface area contributed by atoms with Gasteiger partial charge in [0.2, 0.25) is 0 Å². The van der Waals surface area contributed by atoms with Gasteiger partial charge in [-0.25, -0.2) is 0 Å². The fourth-order valence-electron chi connectivity index (χ4n) is 2.68. The van der Waals surface area contributed by atoms with Crippen molar-refractivity contribution in [3.8, 4) is 0 Å². The lowest BCUT2D eigenvalue weighted by Crippen LogP contribution is -2.50. The van der Waals surface area contributed by atoms with Crippen molar-refractivity contribution in [2.75, 3.05) is 26.2 Å². The summed E-state index contributed by atoms with van der Waals surface area (Å²) in [6.45, 7) is 5.05. The molecule has 0 aromatic heterocycles. The Morgan fingerprint density at radius 2 is 2.12 bits per heavy atom. The quantitative estimate of drug-likeness (QED) is 0.797. The fourth-order valence-corrected chi connectivity index (χ4v) is 2.68. The van der Waals surface area contributed by atoms with Gasteiger partial charge in [-0.15, -0.1) is 0 Å². The van der Waals surface area contributed by atoms with Crippen LogP contribution in [0.5, 0.6) is 0 Å². The lowest BCUT2D eigenvalue weighted by atomic mass is 10.1. The van der Waals surface area contributed by atoms with Gasteiger partial charge in [0, 0.05) is 32.2 Å². The molecule has 0 bridgehead atoms. The van der Waals surface area contributed by atoms with Gasteiger partial charge in [0.25, 0.3) is 0 Å². The first-order chi connectivity index (χ1) is 7.93. The number of nitrogens with one attached hydrogen (secondary N) is 1. The largest absolute Gasteiger partial charge is 0.374 e. The van der Waals surface area contributed by atoms with Crippen LogP contribution in [0.15, 0.2) is 30.3 Å². The molecule has 3 nitrogen and oxygen atoms in total. The lowest BCUT2D eigenvalue weighted by molar-refractivity contribution is -0.0500. The topological polar surface area (TPSA) is 24.5 Å². The first-order valence-corrected chi connectivity index (χ1v) is 6.04. The van der Waals surface area contributed by atoms with Gasteiger partial charge < -0.3 is 10.1 Å². The molecule has 2 heterocycles. The Hall–Kier alpha value is -0.900. The molecular weight excluding hydrogens is 200 g/mol. The average molecular weight is 218 g/mol. The van der Waals surface area contributed by atoms with E-state index in [2.05, 4.69) is 40.5 Å². The molecule has 2 saturated heterocycles. The van der Waals surface area contributed by atoms with Crippen molar-refractivity contribution in [3.05, 3.63) is 35.9 Å². The van der Waals surface area contributed by atoms with Crippen LogP contribution in [0, 0.1) is 0 Å². The molecule has 0 aliphatic carbocycles. The lowest BCUT2D eigenvalue weighted by Gasteiger charge is -2.36. The maximum Gasteiger partial charge on any atom is 0.0867 e. The van der Waals surface area contributed by atoms with Crippen molar-refractivity contribution < 1.29 is 4.74 Å². The molecule has 0 amide bonds. The van der Waals surface area contributed by atoms with Crippen LogP contribution in [0.3, 0.4) is 0 Å². The van der Waals surface area contributed by atoms with Crippen LogP contribution >= 0.6 is 0 Å². The standard InChI is InChI=1S/C13H18N2O/c1-2-4-11(5-3-1)10-15-6-7-16-13-9-14-8-12(13)15/h1-5,12-14H,6-10H2/t12-,13?/m0/s1. The molecule has 1 aromatic rings. The molecule has 2 atom stereocenters. The molecule has 2 fully saturated rings. The van der Waals surface area contributed by atoms with Gasteiger partial charge >= 0.3 is 0 Å². The second-order valence-electron chi connectivity index (χ2n) is 4.59. The van der Waals surface area contributed by atoms with Crippen molar-refractivity contribution >= 4 is 0 Å². The number of morpholine rings is 1. The van der Waals surface area contributed by atoms with E-state index in [1.165, 1.54) is 5.56 Å². The van der Waals surface area contributed by atoms with Gasteiger partial charge in [-0.1, -0.05) is 30.3 Å². The molecule has 16 heavy (non-hydrogen) atoms. The summed E-state index contributed by atoms with van der Waals surface area (Å²) < 4.78 is 5.77. The molecule has 1 N–H and O–H groups in total. The number of ether oxygens (including phenoxy) is 1. The summed E-state index contributed by atoms with van der Waals surface area (Å²) in [4.78, 5) is 2.55. The van der Waals surface area contributed by atoms with Gasteiger partial charge in [0.15, 0.2) is 0 Å². The molecule has 1 unspecified atom stereocenters. The van der Waals surface area contributed by atoms with E-state index in [9.17, 15) is 0 Å². The smallest absolute Gasteiger partial charge is 0.0867 e. The summed E-state index contributed by atoms with van der Waals surface area (Å²) in [6, 6.07) is 11.3. The Labute approximate surface area is 96.4 Å². The monoisotopic (exact) mass is 218 g/mol. The Kier molecular flexibility index (Phi) is 2.91. The Morgan fingerprint density at radius 1 is 1.25 bits per heavy atom. The van der Waals surface area contributed by atoms with Crippen molar-refractivity contribution in [2.24, 2.45) is 0 Å². The number of nitrogens with zero attached hydrogens (tertiary/aromatic N) is 1. The van der Waals surface area contributed by atoms with E-state index in [-0.39, 0.29) is 0 Å². The van der Waals surface area contributed by atoms with Gasteiger partial charge in [0.1, 0.15) is 0 Å². The molecule has 0 spiro atoms. The minimum Gasteiger partial charge on any atom is -0.374 e. The zero-order valence-corrected chi connectivity index (χ0v) is 9.43. The molecule has 86 valence electrons. The zero-order valence-electron chi connectivity index (χ0n) is 9.43. The minimum absolute atomic E-state index is 0.400. The average Bonchev–Trinajstić information content (AvgIpc) is 2.80. The van der Waals surface area contributed by atoms with Gasteiger partial charge in [0.05, 0.1) is 12.7 Å². The first kappa shape index (κ1) is 10.3. The molecule has 1 aromatic carbocycles. The van der Waals surface area contributed by atoms with E-state index >= 15 is 0 Å². The van der Waals surface area contributed by atoms with Gasteiger partial charge in [-0.05, 0) is 5.56 Å². The highest BCUT2D eigenvalue weighted by Gasteiger charge is 2.35. The second-order valence-corrected chi connectivity index (χ2v) is 4.59. The van der Waals surface area contributed by atoms with E-state index in [0.29, 0.717) is 12.1 Å². The summed E-state index contributed by atoms with van der Waals surface area (Å²) in [5.74, 6) is 0. The third-order valence-corrected chi connectivity index (χ3v) is 3.54. The number of fused-ring (bicyclic) bond motifs is 1. The predicted octanol–water partition coefficient (Wildman–Crippen LogP) is 0.859. The van der Waals surface area contributed by atoms with Crippen LogP contribution in [0.25, 0.3) is 0 Å². The molecule has 2 aliphatic rings. The zero-order chi connectivity index (χ0) is 10.8. The van der Waals surface area contributed by atoms with Crippen molar-refractivity contribution in [1.29, 1.82) is 0 Å². The number of rotatable bonds is 2. The highest BCUT2D eigenvalue weighted by atomic mass is 16.5. The highest BCUT2D eigenvalue weighted by Crippen LogP contribution is 2.19. The Morgan fingerprint density at radius 3 is 3.00 bits per heavy atom. The van der Waals surface area contributed by atoms with Crippen molar-refractivity contribution in [1.82, 2.24) is 10.2 Å². The van der Waals surface area contributed by atoms with Crippen molar-refractivity contribution in [2.45, 2.75) is 18.7 Å². The van der Waals surface area contributed by atoms with Gasteiger partial charge in [-0.3, -0.25) is 4.90 Å². The molecule has 2 aliphatic heterocycles. The SMILES string of the molecule is c1ccc(CN2CCOC3CNC[C@@H]32)cc1. The van der Waals surface area contributed by atoms with E-state index in [4.69, 9.17) is 4.74 Å². The van der Waals surface area contributed by atoms with Crippen LogP contribution < -0.4 is 5.32 Å². The van der Waals surface area contributed by atoms with E-state index < -0.39 is 0 Å². The first-order valence-electron chi connectivity index (χ1n) is 6.04. The van der Waals surface area contributed by atoms with Crippen LogP contribution in [-0.2, 0) is 11.3 Å². The van der Waals surface area contributed by atoms with Gasteiger partial charge in [-0.2, -0.15) is 0 Å². The molecule has 0 saturated carbocycles. The summed E-state index contributed by atoms with van der Waals surface area (Å²) >= 11 is 0. The fraction of sp³-hybridized carbons (Fsp3) is 0.538. The Balaban J connectivity index is 1.70. The maximum atomic E-state index is 5.77. The van der Waals surface area contributed by atoms with Crippen LogP contribution in [-0.4, -0.2) is 43.3 Å². The summed E-state index contributed by atoms with van der Waals surface area (Å²) in [6.07, 6.45) is 0.400. The summed E-state index contributed by atoms with van der Waals surface area (Å²) in [7, 11) is 0. The summed E-state index contributed by atoms with van der Waals surface area (Å²) in [5.41, 5.74) is 1.40. The number of benzene rings is 1. The number of hydrogen-bond donors (Lipinski definition) is 1. The minimum atomic E-state index is 0.400. The van der Waals surface area contributed by atoms with Crippen molar-refractivity contribution in [3.63, 3.8) is 0 Å². The molecule has 3 rings (SSSR count). The van der Waals surface area contributed by atoms with Crippen LogP contribution in [0.2, 0.25) is 0 Å². The third kappa shape index (κ3) is 1.98. The highest BCUT2D eigenvalue weighted by molar-refractivity contribution is 5.15. The molecular formula is C13H18N2O. The van der Waals surface area contributed by atoms with Crippen LogP contribution in [0.1, 0.15) is 5.56 Å². The van der Waals surface area contributed by atoms with E-state index in [1.54, 1.807) is 0 Å². The second kappa shape index (κ2) is 4.53.